The monoisotopic (exact) mass is 407 g/mol. The van der Waals surface area contributed by atoms with Crippen LogP contribution < -0.4 is 5.69 Å². The molecular weight excluding hydrogens is 390 g/mol. The van der Waals surface area contributed by atoms with Gasteiger partial charge in [0.15, 0.2) is 0 Å². The number of fused-ring (bicyclic) bond motifs is 1. The molecule has 0 atom stereocenters. The molecule has 1 saturated heterocycles. The first-order chi connectivity index (χ1) is 12.9. The van der Waals surface area contributed by atoms with Crippen molar-refractivity contribution in [1.82, 2.24) is 24.2 Å². The maximum atomic E-state index is 12.9. The van der Waals surface area contributed by atoms with Crippen molar-refractivity contribution >= 4 is 32.7 Å². The van der Waals surface area contributed by atoms with Crippen molar-refractivity contribution < 1.29 is 8.42 Å². The minimum atomic E-state index is -3.61. The summed E-state index contributed by atoms with van der Waals surface area (Å²) in [6.45, 7) is 2.78. The summed E-state index contributed by atoms with van der Waals surface area (Å²) in [5, 5.41) is 0.454. The molecule has 0 amide bonds. The second kappa shape index (κ2) is 7.08. The highest BCUT2D eigenvalue weighted by atomic mass is 35.5. The summed E-state index contributed by atoms with van der Waals surface area (Å²) in [4.78, 5) is 23.0. The molecule has 4 rings (SSSR count). The van der Waals surface area contributed by atoms with E-state index >= 15 is 0 Å². The summed E-state index contributed by atoms with van der Waals surface area (Å²) in [7, 11) is -3.61. The lowest BCUT2D eigenvalue weighted by atomic mass is 10.2. The number of hydrogen-bond acceptors (Lipinski definition) is 5. The standard InChI is InChI=1S/C17H18ClN5O3S/c18-16-4-1-12(10-19-16)11-22-5-7-23(8-6-22)27(25,26)13-2-3-14-15(9-13)21-17(24)20-14/h1-4,9-10H,5-8,11H2,(H2,20,21,24). The summed E-state index contributed by atoms with van der Waals surface area (Å²) in [6, 6.07) is 8.29. The van der Waals surface area contributed by atoms with Gasteiger partial charge >= 0.3 is 5.69 Å². The lowest BCUT2D eigenvalue weighted by molar-refractivity contribution is 0.181. The molecule has 142 valence electrons. The molecule has 0 unspecified atom stereocenters. The first-order valence-electron chi connectivity index (χ1n) is 8.47. The number of hydrogen-bond donors (Lipinski definition) is 2. The van der Waals surface area contributed by atoms with Gasteiger partial charge < -0.3 is 9.97 Å². The summed E-state index contributed by atoms with van der Waals surface area (Å²) in [6.07, 6.45) is 1.73. The number of sulfonamides is 1. The number of aromatic nitrogens is 3. The number of imidazole rings is 1. The number of aromatic amines is 2. The van der Waals surface area contributed by atoms with E-state index in [2.05, 4.69) is 19.9 Å². The number of rotatable bonds is 4. The fourth-order valence-corrected chi connectivity index (χ4v) is 4.77. The van der Waals surface area contributed by atoms with Gasteiger partial charge in [0, 0.05) is 38.9 Å². The number of H-pyrrole nitrogens is 2. The molecule has 1 aromatic carbocycles. The second-order valence-corrected chi connectivity index (χ2v) is 8.78. The number of halogens is 1. The highest BCUT2D eigenvalue weighted by Crippen LogP contribution is 2.21. The number of benzene rings is 1. The Labute approximate surface area is 160 Å². The average molecular weight is 408 g/mol. The SMILES string of the molecule is O=c1[nH]c2ccc(S(=O)(=O)N3CCN(Cc4ccc(Cl)nc4)CC3)cc2[nH]1. The van der Waals surface area contributed by atoms with Crippen molar-refractivity contribution in [1.29, 1.82) is 0 Å². The van der Waals surface area contributed by atoms with Crippen LogP contribution in [0.2, 0.25) is 5.15 Å². The number of nitrogens with zero attached hydrogens (tertiary/aromatic N) is 3. The Bertz CT molecular complexity index is 1120. The van der Waals surface area contributed by atoms with E-state index < -0.39 is 10.0 Å². The zero-order valence-electron chi connectivity index (χ0n) is 14.4. The topological polar surface area (TPSA) is 102 Å². The van der Waals surface area contributed by atoms with E-state index in [9.17, 15) is 13.2 Å². The Morgan fingerprint density at radius 2 is 1.78 bits per heavy atom. The van der Waals surface area contributed by atoms with Crippen LogP contribution in [0.1, 0.15) is 5.56 Å². The molecule has 1 aliphatic heterocycles. The average Bonchev–Trinajstić information content (AvgIpc) is 3.03. The van der Waals surface area contributed by atoms with Crippen LogP contribution in [0.25, 0.3) is 11.0 Å². The van der Waals surface area contributed by atoms with Gasteiger partial charge in [-0.05, 0) is 29.8 Å². The Balaban J connectivity index is 1.45. The normalized spacial score (nSPS) is 16.8. The first-order valence-corrected chi connectivity index (χ1v) is 10.3. The molecule has 0 bridgehead atoms. The van der Waals surface area contributed by atoms with E-state index in [1.54, 1.807) is 18.3 Å². The molecule has 3 heterocycles. The molecule has 1 aliphatic rings. The lowest BCUT2D eigenvalue weighted by Gasteiger charge is -2.33. The largest absolute Gasteiger partial charge is 0.323 e. The Morgan fingerprint density at radius 1 is 1.04 bits per heavy atom. The van der Waals surface area contributed by atoms with Crippen molar-refractivity contribution in [2.24, 2.45) is 0 Å². The van der Waals surface area contributed by atoms with Gasteiger partial charge in [-0.3, -0.25) is 4.90 Å². The number of pyridine rings is 1. The van der Waals surface area contributed by atoms with Crippen molar-refractivity contribution in [3.8, 4) is 0 Å². The van der Waals surface area contributed by atoms with Gasteiger partial charge in [-0.25, -0.2) is 18.2 Å². The van der Waals surface area contributed by atoms with Gasteiger partial charge in [0.2, 0.25) is 10.0 Å². The predicted octanol–water partition coefficient (Wildman–Crippen LogP) is 1.41. The molecule has 0 radical (unpaired) electrons. The Hall–Kier alpha value is -2.20. The zero-order valence-corrected chi connectivity index (χ0v) is 15.9. The highest BCUT2D eigenvalue weighted by Gasteiger charge is 2.28. The van der Waals surface area contributed by atoms with E-state index in [0.29, 0.717) is 48.9 Å². The van der Waals surface area contributed by atoms with Crippen LogP contribution in [-0.2, 0) is 16.6 Å². The highest BCUT2D eigenvalue weighted by molar-refractivity contribution is 7.89. The molecule has 10 heteroatoms. The molecule has 2 N–H and O–H groups in total. The van der Waals surface area contributed by atoms with Crippen LogP contribution in [-0.4, -0.2) is 58.8 Å². The van der Waals surface area contributed by atoms with Gasteiger partial charge in [-0.15, -0.1) is 0 Å². The van der Waals surface area contributed by atoms with E-state index in [1.165, 1.54) is 16.4 Å². The second-order valence-electron chi connectivity index (χ2n) is 6.46. The van der Waals surface area contributed by atoms with Crippen LogP contribution in [0, 0.1) is 0 Å². The minimum Gasteiger partial charge on any atom is -0.306 e. The Kier molecular flexibility index (Phi) is 4.77. The molecule has 3 aromatic rings. The van der Waals surface area contributed by atoms with E-state index in [4.69, 9.17) is 11.6 Å². The third-order valence-corrected chi connectivity index (χ3v) is 6.77. The maximum absolute atomic E-state index is 12.9. The minimum absolute atomic E-state index is 0.181. The molecular formula is C17H18ClN5O3S. The molecule has 2 aromatic heterocycles. The van der Waals surface area contributed by atoms with Crippen LogP contribution in [0.15, 0.2) is 46.2 Å². The fraction of sp³-hybridized carbons (Fsp3) is 0.294. The van der Waals surface area contributed by atoms with Crippen molar-refractivity contribution in [3.05, 3.63) is 57.7 Å². The zero-order chi connectivity index (χ0) is 19.0. The van der Waals surface area contributed by atoms with Gasteiger partial charge in [0.25, 0.3) is 0 Å². The van der Waals surface area contributed by atoms with E-state index in [-0.39, 0.29) is 10.6 Å². The maximum Gasteiger partial charge on any atom is 0.323 e. The fourth-order valence-electron chi connectivity index (χ4n) is 3.21. The summed E-state index contributed by atoms with van der Waals surface area (Å²) >= 11 is 5.80. The van der Waals surface area contributed by atoms with Gasteiger partial charge in [0.05, 0.1) is 15.9 Å². The van der Waals surface area contributed by atoms with E-state index in [0.717, 1.165) is 5.56 Å². The third kappa shape index (κ3) is 3.77. The van der Waals surface area contributed by atoms with Crippen LogP contribution in [0.5, 0.6) is 0 Å². The van der Waals surface area contributed by atoms with Crippen LogP contribution in [0.4, 0.5) is 0 Å². The molecule has 0 spiro atoms. The number of nitrogens with one attached hydrogen (secondary N) is 2. The predicted molar refractivity (Wildman–Crippen MR) is 102 cm³/mol. The third-order valence-electron chi connectivity index (χ3n) is 4.65. The van der Waals surface area contributed by atoms with Gasteiger partial charge in [-0.1, -0.05) is 17.7 Å². The molecule has 0 saturated carbocycles. The lowest BCUT2D eigenvalue weighted by Crippen LogP contribution is -2.48. The van der Waals surface area contributed by atoms with Crippen LogP contribution >= 0.6 is 11.6 Å². The summed E-state index contributed by atoms with van der Waals surface area (Å²) in [5.74, 6) is 0. The van der Waals surface area contributed by atoms with Crippen molar-refractivity contribution in [3.63, 3.8) is 0 Å². The summed E-state index contributed by atoms with van der Waals surface area (Å²) in [5.41, 5.74) is 1.75. The number of piperazine rings is 1. The molecule has 1 fully saturated rings. The quantitative estimate of drug-likeness (QED) is 0.636. The molecule has 27 heavy (non-hydrogen) atoms. The van der Waals surface area contributed by atoms with Crippen molar-refractivity contribution in [2.45, 2.75) is 11.4 Å². The molecule has 0 aliphatic carbocycles. The van der Waals surface area contributed by atoms with Crippen LogP contribution in [0.3, 0.4) is 0 Å². The first kappa shape index (κ1) is 18.2. The molecule has 8 nitrogen and oxygen atoms in total. The smallest absolute Gasteiger partial charge is 0.306 e. The van der Waals surface area contributed by atoms with Gasteiger partial charge in [0.1, 0.15) is 5.15 Å². The van der Waals surface area contributed by atoms with Crippen molar-refractivity contribution in [2.75, 3.05) is 26.2 Å². The van der Waals surface area contributed by atoms with Gasteiger partial charge in [-0.2, -0.15) is 4.31 Å². The Morgan fingerprint density at radius 3 is 2.48 bits per heavy atom. The summed E-state index contributed by atoms with van der Waals surface area (Å²) < 4.78 is 27.3. The van der Waals surface area contributed by atoms with E-state index in [1.807, 2.05) is 6.07 Å².